The number of hydrogen-bond acceptors (Lipinski definition) is 5. The molecule has 2 bridgehead atoms. The second-order valence-corrected chi connectivity index (χ2v) is 6.82. The number of amides is 2. The van der Waals surface area contributed by atoms with E-state index in [1.54, 1.807) is 32.9 Å². The molecule has 2 fully saturated rings. The molecule has 7 heteroatoms. The molecule has 1 aromatic rings. The Hall–Kier alpha value is -2.54. The highest BCUT2D eigenvalue weighted by Crippen LogP contribution is 2.53. The van der Waals surface area contributed by atoms with Gasteiger partial charge in [-0.15, -0.1) is 0 Å². The molecule has 1 aromatic carbocycles. The fraction of sp³-hybridized carbons (Fsp3) is 0.412. The number of nitro benzene ring substituents is 1. The first-order chi connectivity index (χ1) is 11.2. The third-order valence-corrected chi connectivity index (χ3v) is 5.36. The number of anilines is 1. The third kappa shape index (κ3) is 1.70. The van der Waals surface area contributed by atoms with E-state index in [1.165, 1.54) is 6.07 Å². The van der Waals surface area contributed by atoms with E-state index < -0.39 is 40.3 Å². The molecule has 0 spiro atoms. The van der Waals surface area contributed by atoms with Gasteiger partial charge in [0.1, 0.15) is 5.69 Å². The van der Waals surface area contributed by atoms with Gasteiger partial charge in [-0.3, -0.25) is 19.7 Å². The summed E-state index contributed by atoms with van der Waals surface area (Å²) in [5, 5.41) is 11.4. The van der Waals surface area contributed by atoms with Crippen LogP contribution in [0.1, 0.15) is 18.1 Å². The van der Waals surface area contributed by atoms with Crippen molar-refractivity contribution in [1.29, 1.82) is 0 Å². The van der Waals surface area contributed by atoms with Gasteiger partial charge in [0.2, 0.25) is 11.8 Å². The van der Waals surface area contributed by atoms with Gasteiger partial charge in [-0.05, 0) is 38.0 Å². The van der Waals surface area contributed by atoms with Crippen LogP contribution < -0.4 is 4.90 Å². The third-order valence-electron chi connectivity index (χ3n) is 5.36. The summed E-state index contributed by atoms with van der Waals surface area (Å²) >= 11 is 0. The van der Waals surface area contributed by atoms with Crippen molar-refractivity contribution in [3.63, 3.8) is 0 Å². The Morgan fingerprint density at radius 2 is 1.88 bits per heavy atom. The lowest BCUT2D eigenvalue weighted by molar-refractivity contribution is -0.384. The number of nitro groups is 1. The van der Waals surface area contributed by atoms with Crippen molar-refractivity contribution in [2.75, 3.05) is 4.90 Å². The summed E-state index contributed by atoms with van der Waals surface area (Å²) in [6, 6.07) is 2.95. The maximum absolute atomic E-state index is 12.9. The molecule has 0 saturated carbocycles. The largest absolute Gasteiger partial charge is 0.362 e. The lowest BCUT2D eigenvalue weighted by atomic mass is 9.78. The Bertz CT molecular complexity index is 846. The monoisotopic (exact) mass is 328 g/mol. The van der Waals surface area contributed by atoms with Gasteiger partial charge in [-0.25, -0.2) is 4.90 Å². The number of benzene rings is 1. The predicted octanol–water partition coefficient (Wildman–Crippen LogP) is 2.04. The van der Waals surface area contributed by atoms with Crippen molar-refractivity contribution in [3.05, 3.63) is 45.5 Å². The molecule has 2 saturated heterocycles. The van der Waals surface area contributed by atoms with Crippen LogP contribution in [0, 0.1) is 35.8 Å². The van der Waals surface area contributed by atoms with E-state index in [-0.39, 0.29) is 11.4 Å². The minimum absolute atomic E-state index is 0.0514. The van der Waals surface area contributed by atoms with Crippen LogP contribution >= 0.6 is 0 Å². The first kappa shape index (κ1) is 15.0. The van der Waals surface area contributed by atoms with Crippen LogP contribution in [0.3, 0.4) is 0 Å². The average Bonchev–Trinajstić information content (AvgIpc) is 3.11. The van der Waals surface area contributed by atoms with Gasteiger partial charge in [0.05, 0.1) is 28.5 Å². The van der Waals surface area contributed by atoms with E-state index in [0.717, 1.165) is 16.0 Å². The van der Waals surface area contributed by atoms with Gasteiger partial charge in [-0.2, -0.15) is 0 Å². The van der Waals surface area contributed by atoms with Crippen molar-refractivity contribution in [1.82, 2.24) is 0 Å². The van der Waals surface area contributed by atoms with Gasteiger partial charge in [0.15, 0.2) is 0 Å². The topological polar surface area (TPSA) is 89.8 Å². The Morgan fingerprint density at radius 1 is 1.21 bits per heavy atom. The van der Waals surface area contributed by atoms with Crippen LogP contribution in [0.4, 0.5) is 11.4 Å². The van der Waals surface area contributed by atoms with Crippen molar-refractivity contribution < 1.29 is 19.2 Å². The van der Waals surface area contributed by atoms with Crippen LogP contribution in [0.5, 0.6) is 0 Å². The van der Waals surface area contributed by atoms with Crippen LogP contribution in [-0.2, 0) is 14.3 Å². The zero-order valence-corrected chi connectivity index (χ0v) is 13.5. The molecule has 3 heterocycles. The Morgan fingerprint density at radius 3 is 2.50 bits per heavy atom. The van der Waals surface area contributed by atoms with Gasteiger partial charge >= 0.3 is 0 Å². The molecule has 3 aliphatic heterocycles. The molecule has 4 rings (SSSR count). The molecule has 0 radical (unpaired) electrons. The first-order valence-electron chi connectivity index (χ1n) is 7.75. The fourth-order valence-electron chi connectivity index (χ4n) is 4.00. The summed E-state index contributed by atoms with van der Waals surface area (Å²) < 4.78 is 5.76. The van der Waals surface area contributed by atoms with Gasteiger partial charge < -0.3 is 4.74 Å². The van der Waals surface area contributed by atoms with Crippen molar-refractivity contribution in [2.45, 2.75) is 32.5 Å². The predicted molar refractivity (Wildman–Crippen MR) is 84.5 cm³/mol. The van der Waals surface area contributed by atoms with Crippen LogP contribution in [-0.4, -0.2) is 28.4 Å². The summed E-state index contributed by atoms with van der Waals surface area (Å²) in [6.45, 7) is 5.33. The highest BCUT2D eigenvalue weighted by Gasteiger charge is 2.66. The molecule has 0 aromatic heterocycles. The number of hydrogen-bond donors (Lipinski definition) is 0. The SMILES string of the molecule is Cc1cc(N2C(=O)[C@@H]3[C@H]4C=C[C@@](C)(O4)[C@H]3C2=O)c([N+](=O)[O-])cc1C. The summed E-state index contributed by atoms with van der Waals surface area (Å²) in [5.41, 5.74) is 0.533. The van der Waals surface area contributed by atoms with E-state index in [1.807, 2.05) is 6.08 Å². The molecule has 7 nitrogen and oxygen atoms in total. The fourth-order valence-corrected chi connectivity index (χ4v) is 4.00. The molecular weight excluding hydrogens is 312 g/mol. The maximum Gasteiger partial charge on any atom is 0.293 e. The highest BCUT2D eigenvalue weighted by molar-refractivity contribution is 6.24. The molecule has 0 unspecified atom stereocenters. The first-order valence-corrected chi connectivity index (χ1v) is 7.75. The minimum Gasteiger partial charge on any atom is -0.362 e. The molecule has 4 atom stereocenters. The standard InChI is InChI=1S/C17H16N2O5/c1-8-6-10(11(19(22)23)7-9(8)2)18-15(20)13-12-4-5-17(3,24-12)14(13)16(18)21/h4-7,12-14H,1-3H3/t12-,13-,14-,17-/m1/s1. The maximum atomic E-state index is 12.9. The Kier molecular flexibility index (Phi) is 2.82. The summed E-state index contributed by atoms with van der Waals surface area (Å²) in [5.74, 6) is -2.07. The minimum atomic E-state index is -0.814. The van der Waals surface area contributed by atoms with E-state index in [0.29, 0.717) is 0 Å². The van der Waals surface area contributed by atoms with Gasteiger partial charge in [-0.1, -0.05) is 12.2 Å². The molecule has 2 amide bonds. The number of ether oxygens (including phenoxy) is 1. The van der Waals surface area contributed by atoms with Crippen LogP contribution in [0.2, 0.25) is 0 Å². The summed E-state index contributed by atoms with van der Waals surface area (Å²) in [6.07, 6.45) is 3.17. The quantitative estimate of drug-likeness (QED) is 0.359. The molecule has 124 valence electrons. The number of fused-ring (bicyclic) bond motifs is 5. The number of carbonyl (C=O) groups is 2. The van der Waals surface area contributed by atoms with E-state index in [9.17, 15) is 19.7 Å². The van der Waals surface area contributed by atoms with E-state index in [2.05, 4.69) is 0 Å². The summed E-state index contributed by atoms with van der Waals surface area (Å²) in [7, 11) is 0. The van der Waals surface area contributed by atoms with Crippen molar-refractivity contribution in [2.24, 2.45) is 11.8 Å². The Balaban J connectivity index is 1.85. The van der Waals surface area contributed by atoms with E-state index in [4.69, 9.17) is 4.74 Å². The second-order valence-electron chi connectivity index (χ2n) is 6.82. The number of rotatable bonds is 2. The van der Waals surface area contributed by atoms with Gasteiger partial charge in [0.25, 0.3) is 5.69 Å². The zero-order valence-electron chi connectivity index (χ0n) is 13.5. The normalized spacial score (nSPS) is 33.5. The van der Waals surface area contributed by atoms with E-state index >= 15 is 0 Å². The second kappa shape index (κ2) is 4.51. The smallest absolute Gasteiger partial charge is 0.293 e. The molecule has 24 heavy (non-hydrogen) atoms. The number of nitrogens with zero attached hydrogens (tertiary/aromatic N) is 2. The average molecular weight is 328 g/mol. The Labute approximate surface area is 138 Å². The van der Waals surface area contributed by atoms with Gasteiger partial charge in [0, 0.05) is 6.07 Å². The number of carbonyl (C=O) groups excluding carboxylic acids is 2. The van der Waals surface area contributed by atoms with Crippen LogP contribution in [0.15, 0.2) is 24.3 Å². The zero-order chi connectivity index (χ0) is 17.4. The molecule has 0 aliphatic carbocycles. The summed E-state index contributed by atoms with van der Waals surface area (Å²) in [4.78, 5) is 37.7. The lowest BCUT2D eigenvalue weighted by Gasteiger charge is -2.24. The van der Waals surface area contributed by atoms with Crippen LogP contribution in [0.25, 0.3) is 0 Å². The highest BCUT2D eigenvalue weighted by atomic mass is 16.6. The molecular formula is C17H16N2O5. The number of imide groups is 1. The molecule has 3 aliphatic rings. The number of aryl methyl sites for hydroxylation is 2. The van der Waals surface area contributed by atoms with Crippen molar-refractivity contribution >= 4 is 23.2 Å². The molecule has 0 N–H and O–H groups in total. The van der Waals surface area contributed by atoms with Crippen molar-refractivity contribution in [3.8, 4) is 0 Å². The lowest BCUT2D eigenvalue weighted by Crippen LogP contribution is -2.38.